The molecule has 480 valence electrons. The minimum absolute atomic E-state index is 0.0223. The molecule has 4 atom stereocenters. The molecule has 7 heterocycles. The van der Waals surface area contributed by atoms with Crippen LogP contribution in [-0.4, -0.2) is 135 Å². The second kappa shape index (κ2) is 26.5. The van der Waals surface area contributed by atoms with Gasteiger partial charge in [0.25, 0.3) is 5.69 Å². The Morgan fingerprint density at radius 3 is 1.33 bits per heavy atom. The molecule has 3 aliphatic rings. The molecule has 7 aromatic rings. The molecular weight excluding hydrogens is 1220 g/mol. The summed E-state index contributed by atoms with van der Waals surface area (Å²) in [4.78, 5) is 62.6. The number of rotatable bonds is 14. The number of urea groups is 1. The zero-order valence-corrected chi connectivity index (χ0v) is 48.4. The predicted octanol–water partition coefficient (Wildman–Crippen LogP) is 12.1. The summed E-state index contributed by atoms with van der Waals surface area (Å²) in [6.45, 7) is 4.85. The fraction of sp³-hybridized carbons (Fsp3) is 0.414. The van der Waals surface area contributed by atoms with E-state index in [1.165, 1.54) is 58.9 Å². The third kappa shape index (κ3) is 15.7. The van der Waals surface area contributed by atoms with Crippen LogP contribution in [0.25, 0.3) is 22.3 Å². The van der Waals surface area contributed by atoms with Crippen LogP contribution in [0.1, 0.15) is 72.9 Å². The van der Waals surface area contributed by atoms with Gasteiger partial charge in [-0.2, -0.15) is 62.9 Å². The maximum Gasteiger partial charge on any atom is 0.416 e. The highest BCUT2D eigenvalue weighted by Gasteiger charge is 2.44. The standard InChI is InChI=1S/C30H27F6N7O4.C28H31F6N7O2/c1-3-23-11-25(17-42(23)28(44)47-26-6-4-24(5-7-26)43(45)46)41(27-37-12-19(13-38-27)20-14-39-40(2)16-20)15-18-8-21(29(31,32)33)10-22(9-18)30(34,35)36;1-3-23-11-24(17-41(23)26(42)39-4-6-43-7-5-39)40(25-35-12-19(13-36-25)20-14-37-38(2)16-20)15-18-8-21(27(29,30)31)10-22(9-18)28(32,33)34/h4-10,12-14,16,23,25H,3,11,15,17H2,1-2H3;8-10,12-14,16,23-24H,3-7,11,15,17H2,1-2H3/t23-,25+;23-,24+/m11/s1. The molecule has 32 heteroatoms. The number of morpholine rings is 1. The summed E-state index contributed by atoms with van der Waals surface area (Å²) < 4.78 is 178. The Morgan fingerprint density at radius 2 is 0.978 bits per heavy atom. The number of benzene rings is 3. The van der Waals surface area contributed by atoms with Gasteiger partial charge < -0.3 is 34.0 Å². The Morgan fingerprint density at radius 1 is 0.589 bits per heavy atom. The number of alkyl halides is 12. The molecule has 0 saturated carbocycles. The number of carbonyl (C=O) groups excluding carboxylic acids is 2. The van der Waals surface area contributed by atoms with Crippen LogP contribution in [0.4, 0.5) is 79.9 Å². The average Bonchev–Trinajstić information content (AvgIpc) is 1.60. The molecule has 10 rings (SSSR count). The van der Waals surface area contributed by atoms with Gasteiger partial charge in [-0.3, -0.25) is 19.5 Å². The molecule has 20 nitrogen and oxygen atoms in total. The number of halogens is 12. The molecule has 0 N–H and O–H groups in total. The summed E-state index contributed by atoms with van der Waals surface area (Å²) in [6.07, 6.45) is -6.39. The van der Waals surface area contributed by atoms with E-state index in [4.69, 9.17) is 9.47 Å². The molecule has 0 aliphatic carbocycles. The zero-order chi connectivity index (χ0) is 65.0. The number of amides is 3. The maximum atomic E-state index is 13.7. The van der Waals surface area contributed by atoms with Gasteiger partial charge in [-0.1, -0.05) is 13.8 Å². The van der Waals surface area contributed by atoms with Gasteiger partial charge in [0.15, 0.2) is 0 Å². The number of hydrogen-bond donors (Lipinski definition) is 0. The molecule has 0 bridgehead atoms. The predicted molar refractivity (Wildman–Crippen MR) is 299 cm³/mol. The third-order valence-electron chi connectivity index (χ3n) is 15.5. The molecule has 90 heavy (non-hydrogen) atoms. The highest BCUT2D eigenvalue weighted by molar-refractivity contribution is 5.76. The van der Waals surface area contributed by atoms with Gasteiger partial charge >= 0.3 is 36.8 Å². The topological polar surface area (TPSA) is 199 Å². The Kier molecular flexibility index (Phi) is 19.3. The van der Waals surface area contributed by atoms with E-state index in [0.717, 1.165) is 17.7 Å². The first-order valence-electron chi connectivity index (χ1n) is 28.0. The molecule has 3 aliphatic heterocycles. The van der Waals surface area contributed by atoms with E-state index < -0.39 is 82.6 Å². The van der Waals surface area contributed by atoms with Crippen molar-refractivity contribution < 1.29 is 76.7 Å². The lowest BCUT2D eigenvalue weighted by atomic mass is 10.0. The first kappa shape index (κ1) is 65.3. The lowest BCUT2D eigenvalue weighted by molar-refractivity contribution is -0.384. The van der Waals surface area contributed by atoms with Crippen molar-refractivity contribution in [2.45, 2.75) is 101 Å². The number of aromatic nitrogens is 8. The first-order valence-corrected chi connectivity index (χ1v) is 28.0. The van der Waals surface area contributed by atoms with E-state index in [2.05, 4.69) is 30.1 Å². The molecule has 3 saturated heterocycles. The summed E-state index contributed by atoms with van der Waals surface area (Å²) >= 11 is 0. The van der Waals surface area contributed by atoms with Crippen molar-refractivity contribution in [2.75, 3.05) is 49.2 Å². The van der Waals surface area contributed by atoms with Crippen LogP contribution in [0.5, 0.6) is 5.75 Å². The number of nitro benzene ring substituents is 1. The van der Waals surface area contributed by atoms with Crippen LogP contribution in [-0.2, 0) is 56.6 Å². The summed E-state index contributed by atoms with van der Waals surface area (Å²) in [7, 11) is 3.46. The molecular formula is C58H58F12N14O6. The highest BCUT2D eigenvalue weighted by atomic mass is 19.4. The lowest BCUT2D eigenvalue weighted by Gasteiger charge is -2.34. The molecule has 3 fully saturated rings. The van der Waals surface area contributed by atoms with Crippen LogP contribution >= 0.6 is 0 Å². The second-order valence-corrected chi connectivity index (χ2v) is 21.6. The Hall–Kier alpha value is -9.10. The van der Waals surface area contributed by atoms with E-state index in [0.29, 0.717) is 74.4 Å². The van der Waals surface area contributed by atoms with Gasteiger partial charge in [0.1, 0.15) is 5.75 Å². The number of carbonyl (C=O) groups is 2. The van der Waals surface area contributed by atoms with E-state index in [1.807, 2.05) is 13.8 Å². The van der Waals surface area contributed by atoms with Crippen LogP contribution < -0.4 is 14.5 Å². The number of aryl methyl sites for hydroxylation is 2. The lowest BCUT2D eigenvalue weighted by Crippen LogP contribution is -2.50. The number of anilines is 2. The minimum Gasteiger partial charge on any atom is -0.410 e. The molecule has 3 aromatic carbocycles. The maximum absolute atomic E-state index is 13.7. The van der Waals surface area contributed by atoms with Crippen LogP contribution in [0.15, 0.2) is 110 Å². The minimum atomic E-state index is -5.04. The van der Waals surface area contributed by atoms with Gasteiger partial charge in [-0.05, 0) is 85.3 Å². The number of nitrogens with zero attached hydrogens (tertiary/aromatic N) is 14. The second-order valence-electron chi connectivity index (χ2n) is 21.6. The fourth-order valence-corrected chi connectivity index (χ4v) is 10.9. The van der Waals surface area contributed by atoms with Gasteiger partial charge in [0.2, 0.25) is 11.9 Å². The molecule has 0 unspecified atom stereocenters. The molecule has 3 amide bonds. The normalized spacial score (nSPS) is 18.1. The molecule has 4 aromatic heterocycles. The average molecular weight is 1280 g/mol. The van der Waals surface area contributed by atoms with Gasteiger partial charge in [-0.25, -0.2) is 29.5 Å². The van der Waals surface area contributed by atoms with Crippen molar-refractivity contribution in [1.29, 1.82) is 0 Å². The van der Waals surface area contributed by atoms with Crippen molar-refractivity contribution in [3.05, 3.63) is 154 Å². The van der Waals surface area contributed by atoms with E-state index in [1.54, 1.807) is 62.9 Å². The smallest absolute Gasteiger partial charge is 0.410 e. The summed E-state index contributed by atoms with van der Waals surface area (Å²) in [5.41, 5.74) is -3.76. The van der Waals surface area contributed by atoms with E-state index in [-0.39, 0.29) is 84.7 Å². The quantitative estimate of drug-likeness (QED) is 0.0566. The Balaban J connectivity index is 0.000000214. The van der Waals surface area contributed by atoms with Crippen molar-refractivity contribution in [1.82, 2.24) is 54.2 Å². The number of nitro groups is 1. The van der Waals surface area contributed by atoms with Crippen LogP contribution in [0.3, 0.4) is 0 Å². The number of non-ortho nitro benzene ring substituents is 1. The van der Waals surface area contributed by atoms with Crippen molar-refractivity contribution in [2.24, 2.45) is 14.1 Å². The van der Waals surface area contributed by atoms with E-state index >= 15 is 0 Å². The largest absolute Gasteiger partial charge is 0.416 e. The number of hydrogen-bond acceptors (Lipinski definition) is 14. The monoisotopic (exact) mass is 1270 g/mol. The summed E-state index contributed by atoms with van der Waals surface area (Å²) in [5.74, 6) is 0.196. The van der Waals surface area contributed by atoms with Crippen molar-refractivity contribution >= 4 is 29.7 Å². The number of likely N-dealkylation sites (tertiary alicyclic amines) is 2. The van der Waals surface area contributed by atoms with Gasteiger partial charge in [0, 0.05) is 137 Å². The highest BCUT2D eigenvalue weighted by Crippen LogP contribution is 2.40. The summed E-state index contributed by atoms with van der Waals surface area (Å²) in [6, 6.07) is 5.88. The Labute approximate surface area is 505 Å². The molecule has 0 spiro atoms. The molecule has 0 radical (unpaired) electrons. The van der Waals surface area contributed by atoms with E-state index in [9.17, 15) is 72.4 Å². The summed E-state index contributed by atoms with van der Waals surface area (Å²) in [5, 5.41) is 19.2. The third-order valence-corrected chi connectivity index (χ3v) is 15.5. The van der Waals surface area contributed by atoms with Crippen molar-refractivity contribution in [3.63, 3.8) is 0 Å². The first-order chi connectivity index (χ1) is 42.4. The Bertz CT molecular complexity index is 3570. The van der Waals surface area contributed by atoms with Crippen molar-refractivity contribution in [3.8, 4) is 28.0 Å². The van der Waals surface area contributed by atoms with Crippen LogP contribution in [0, 0.1) is 10.1 Å². The number of ether oxygens (including phenoxy) is 2. The van der Waals surface area contributed by atoms with Gasteiger partial charge in [0.05, 0.1) is 64.9 Å². The SMILES string of the molecule is CC[C@@H]1C[C@H](N(Cc2cc(C(F)(F)F)cc(C(F)(F)F)c2)c2ncc(-c3cnn(C)c3)cn2)CN1C(=O)N1CCOCC1.CC[C@@H]1C[C@H](N(Cc2cc(C(F)(F)F)cc(C(F)(F)F)c2)c2ncc(-c3cnn(C)c3)cn2)CN1C(=O)Oc1ccc([N+](=O)[O-])cc1. The zero-order valence-electron chi connectivity index (χ0n) is 48.4. The fourth-order valence-electron chi connectivity index (χ4n) is 10.9. The van der Waals surface area contributed by atoms with Crippen LogP contribution in [0.2, 0.25) is 0 Å². The van der Waals surface area contributed by atoms with Gasteiger partial charge in [-0.15, -0.1) is 0 Å².